The summed E-state index contributed by atoms with van der Waals surface area (Å²) in [6, 6.07) is 5.34. The molecule has 0 aromatic heterocycles. The minimum atomic E-state index is -0.187. The Morgan fingerprint density at radius 1 is 1.44 bits per heavy atom. The molecule has 0 amide bonds. The molecule has 1 aromatic carbocycles. The molecule has 1 aliphatic carbocycles. The molecular weight excluding hydrogens is 249 g/mol. The molecule has 1 aliphatic rings. The molecule has 1 fully saturated rings. The van der Waals surface area contributed by atoms with Gasteiger partial charge in [-0.25, -0.2) is 4.39 Å². The second-order valence-electron chi connectivity index (χ2n) is 5.30. The van der Waals surface area contributed by atoms with Gasteiger partial charge in [-0.2, -0.15) is 0 Å². The van der Waals surface area contributed by atoms with E-state index in [0.29, 0.717) is 17.0 Å². The van der Waals surface area contributed by atoms with Crippen LogP contribution in [0.25, 0.3) is 0 Å². The smallest absolute Gasteiger partial charge is 0.127 e. The molecule has 1 N–H and O–H groups in total. The standard InChI is InChI=1S/C15H21ClFN/c1-3-18-15(10(2)11-4-5-11)8-12-6-7-13(16)9-14(12)17/h6-7,9-11,15,18H,3-5,8H2,1-2H3. The monoisotopic (exact) mass is 269 g/mol. The summed E-state index contributed by atoms with van der Waals surface area (Å²) in [7, 11) is 0. The van der Waals surface area contributed by atoms with Gasteiger partial charge in [-0.15, -0.1) is 0 Å². The number of benzene rings is 1. The molecule has 1 aromatic rings. The quantitative estimate of drug-likeness (QED) is 0.822. The van der Waals surface area contributed by atoms with Crippen molar-refractivity contribution in [2.75, 3.05) is 6.54 Å². The lowest BCUT2D eigenvalue weighted by molar-refractivity contribution is 0.341. The number of nitrogens with one attached hydrogen (secondary N) is 1. The molecule has 100 valence electrons. The second kappa shape index (κ2) is 6.03. The molecule has 2 rings (SSSR count). The third-order valence-electron chi connectivity index (χ3n) is 3.92. The molecule has 1 saturated carbocycles. The van der Waals surface area contributed by atoms with E-state index in [9.17, 15) is 4.39 Å². The Bertz CT molecular complexity index is 403. The average molecular weight is 270 g/mol. The van der Waals surface area contributed by atoms with Gasteiger partial charge in [-0.05, 0) is 55.3 Å². The summed E-state index contributed by atoms with van der Waals surface area (Å²) in [5.74, 6) is 1.25. The van der Waals surface area contributed by atoms with Crippen molar-refractivity contribution in [3.63, 3.8) is 0 Å². The van der Waals surface area contributed by atoms with Crippen LogP contribution in [0.1, 0.15) is 32.3 Å². The van der Waals surface area contributed by atoms with E-state index < -0.39 is 0 Å². The summed E-state index contributed by atoms with van der Waals surface area (Å²) in [6.07, 6.45) is 3.40. The van der Waals surface area contributed by atoms with Crippen LogP contribution < -0.4 is 5.32 Å². The third-order valence-corrected chi connectivity index (χ3v) is 4.16. The number of hydrogen-bond acceptors (Lipinski definition) is 1. The first kappa shape index (κ1) is 13.8. The first-order valence-electron chi connectivity index (χ1n) is 6.79. The molecule has 2 atom stereocenters. The van der Waals surface area contributed by atoms with Gasteiger partial charge in [0.2, 0.25) is 0 Å². The van der Waals surface area contributed by atoms with Gasteiger partial charge in [0.1, 0.15) is 5.82 Å². The van der Waals surface area contributed by atoms with Gasteiger partial charge in [0.25, 0.3) is 0 Å². The summed E-state index contributed by atoms with van der Waals surface area (Å²) < 4.78 is 13.8. The molecule has 2 unspecified atom stereocenters. The van der Waals surface area contributed by atoms with Gasteiger partial charge in [-0.1, -0.05) is 31.5 Å². The zero-order valence-electron chi connectivity index (χ0n) is 11.0. The van der Waals surface area contributed by atoms with Crippen LogP contribution in [0.15, 0.2) is 18.2 Å². The molecule has 0 bridgehead atoms. The highest BCUT2D eigenvalue weighted by atomic mass is 35.5. The number of likely N-dealkylation sites (N-methyl/N-ethyl adjacent to an activating group) is 1. The van der Waals surface area contributed by atoms with Crippen LogP contribution in [0.3, 0.4) is 0 Å². The number of halogens is 2. The van der Waals surface area contributed by atoms with Gasteiger partial charge in [0.05, 0.1) is 0 Å². The van der Waals surface area contributed by atoms with E-state index in [-0.39, 0.29) is 5.82 Å². The van der Waals surface area contributed by atoms with Crippen LogP contribution in [0, 0.1) is 17.7 Å². The molecule has 0 aliphatic heterocycles. The predicted molar refractivity (Wildman–Crippen MR) is 74.5 cm³/mol. The Morgan fingerprint density at radius 3 is 2.72 bits per heavy atom. The summed E-state index contributed by atoms with van der Waals surface area (Å²) >= 11 is 5.78. The van der Waals surface area contributed by atoms with Crippen LogP contribution in [-0.2, 0) is 6.42 Å². The molecule has 0 saturated heterocycles. The summed E-state index contributed by atoms with van der Waals surface area (Å²) in [5, 5.41) is 3.96. The highest BCUT2D eigenvalue weighted by Gasteiger charge is 2.33. The van der Waals surface area contributed by atoms with E-state index >= 15 is 0 Å². The molecular formula is C15H21ClFN. The first-order chi connectivity index (χ1) is 8.61. The summed E-state index contributed by atoms with van der Waals surface area (Å²) in [4.78, 5) is 0. The van der Waals surface area contributed by atoms with Crippen molar-refractivity contribution in [1.29, 1.82) is 0 Å². The van der Waals surface area contributed by atoms with Crippen LogP contribution in [0.4, 0.5) is 4.39 Å². The van der Waals surface area contributed by atoms with Crippen molar-refractivity contribution in [3.8, 4) is 0 Å². The Balaban J connectivity index is 2.07. The molecule has 3 heteroatoms. The Labute approximate surface area is 114 Å². The third kappa shape index (κ3) is 3.46. The van der Waals surface area contributed by atoms with Crippen LogP contribution in [0.2, 0.25) is 5.02 Å². The van der Waals surface area contributed by atoms with Crippen molar-refractivity contribution in [1.82, 2.24) is 5.32 Å². The number of rotatable bonds is 6. The lowest BCUT2D eigenvalue weighted by Crippen LogP contribution is -2.38. The van der Waals surface area contributed by atoms with Crippen LogP contribution in [0.5, 0.6) is 0 Å². The van der Waals surface area contributed by atoms with Gasteiger partial charge < -0.3 is 5.32 Å². The van der Waals surface area contributed by atoms with Gasteiger partial charge in [0.15, 0.2) is 0 Å². The molecule has 0 radical (unpaired) electrons. The van der Waals surface area contributed by atoms with Gasteiger partial charge in [0, 0.05) is 11.1 Å². The van der Waals surface area contributed by atoms with E-state index in [1.807, 2.05) is 6.07 Å². The van der Waals surface area contributed by atoms with E-state index in [1.54, 1.807) is 6.07 Å². The molecule has 1 nitrogen and oxygen atoms in total. The maximum Gasteiger partial charge on any atom is 0.127 e. The van der Waals surface area contributed by atoms with Crippen LogP contribution >= 0.6 is 11.6 Å². The minimum Gasteiger partial charge on any atom is -0.314 e. The van der Waals surface area contributed by atoms with Crippen molar-refractivity contribution in [3.05, 3.63) is 34.6 Å². The van der Waals surface area contributed by atoms with Crippen LogP contribution in [-0.4, -0.2) is 12.6 Å². The fraction of sp³-hybridized carbons (Fsp3) is 0.600. The van der Waals surface area contributed by atoms with Gasteiger partial charge >= 0.3 is 0 Å². The van der Waals surface area contributed by atoms with E-state index in [4.69, 9.17) is 11.6 Å². The maximum atomic E-state index is 13.8. The minimum absolute atomic E-state index is 0.187. The maximum absolute atomic E-state index is 13.8. The fourth-order valence-corrected chi connectivity index (χ4v) is 2.74. The highest BCUT2D eigenvalue weighted by molar-refractivity contribution is 6.30. The fourth-order valence-electron chi connectivity index (χ4n) is 2.58. The lowest BCUT2D eigenvalue weighted by Gasteiger charge is -2.25. The Hall–Kier alpha value is -0.600. The zero-order chi connectivity index (χ0) is 13.1. The molecule has 0 heterocycles. The Kier molecular flexibility index (Phi) is 4.63. The first-order valence-corrected chi connectivity index (χ1v) is 7.17. The summed E-state index contributed by atoms with van der Waals surface area (Å²) in [5.41, 5.74) is 0.762. The second-order valence-corrected chi connectivity index (χ2v) is 5.74. The van der Waals surface area contributed by atoms with E-state index in [1.165, 1.54) is 18.9 Å². The summed E-state index contributed by atoms with van der Waals surface area (Å²) in [6.45, 7) is 5.31. The van der Waals surface area contributed by atoms with Crippen molar-refractivity contribution < 1.29 is 4.39 Å². The average Bonchev–Trinajstić information content (AvgIpc) is 3.15. The van der Waals surface area contributed by atoms with Crippen molar-refractivity contribution in [2.24, 2.45) is 11.8 Å². The largest absolute Gasteiger partial charge is 0.314 e. The topological polar surface area (TPSA) is 12.0 Å². The van der Waals surface area contributed by atoms with E-state index in [0.717, 1.165) is 24.4 Å². The lowest BCUT2D eigenvalue weighted by atomic mass is 9.91. The zero-order valence-corrected chi connectivity index (χ0v) is 11.8. The SMILES string of the molecule is CCNC(Cc1ccc(Cl)cc1F)C(C)C1CC1. The van der Waals surface area contributed by atoms with Crippen molar-refractivity contribution >= 4 is 11.6 Å². The van der Waals surface area contributed by atoms with E-state index in [2.05, 4.69) is 19.2 Å². The molecule has 0 spiro atoms. The Morgan fingerprint density at radius 2 is 2.17 bits per heavy atom. The predicted octanol–water partition coefficient (Wildman–Crippen LogP) is 4.05. The highest BCUT2D eigenvalue weighted by Crippen LogP contribution is 2.39. The molecule has 18 heavy (non-hydrogen) atoms. The van der Waals surface area contributed by atoms with Gasteiger partial charge in [-0.3, -0.25) is 0 Å². The normalized spacial score (nSPS) is 18.7. The van der Waals surface area contributed by atoms with Crippen molar-refractivity contribution in [2.45, 2.75) is 39.2 Å². The number of hydrogen-bond donors (Lipinski definition) is 1.